The topological polar surface area (TPSA) is 30.9 Å². The van der Waals surface area contributed by atoms with E-state index in [1.807, 2.05) is 4.90 Å². The fraction of sp³-hybridized carbons (Fsp3) is 1.00. The van der Waals surface area contributed by atoms with E-state index in [1.165, 1.54) is 0 Å². The first kappa shape index (κ1) is 20.7. The van der Waals surface area contributed by atoms with Crippen LogP contribution in [0.5, 0.6) is 0 Å². The van der Waals surface area contributed by atoms with Gasteiger partial charge in [0.05, 0.1) is 37.6 Å². The molecule has 0 bridgehead atoms. The van der Waals surface area contributed by atoms with Gasteiger partial charge >= 0.3 is 0 Å². The van der Waals surface area contributed by atoms with E-state index in [4.69, 9.17) is 12.5 Å². The van der Waals surface area contributed by atoms with E-state index in [9.17, 15) is 8.78 Å². The highest BCUT2D eigenvalue weighted by atomic mass is 127. The number of piperidine rings is 1. The Bertz CT molecular complexity index is 360. The lowest BCUT2D eigenvalue weighted by Crippen LogP contribution is -2.46. The molecular weight excluding hydrogens is 431 g/mol. The van der Waals surface area contributed by atoms with E-state index in [-0.39, 0.29) is 25.2 Å². The van der Waals surface area contributed by atoms with Crippen molar-refractivity contribution in [2.24, 2.45) is 0 Å². The van der Waals surface area contributed by atoms with E-state index >= 15 is 0 Å². The molecule has 24 heavy (non-hydrogen) atoms. The number of halogens is 3. The van der Waals surface area contributed by atoms with Gasteiger partial charge in [-0.15, -0.1) is 0 Å². The second-order valence-corrected chi connectivity index (χ2v) is 7.91. The van der Waals surface area contributed by atoms with E-state index in [2.05, 4.69) is 13.8 Å². The number of ether oxygens (including phenoxy) is 2. The summed E-state index contributed by atoms with van der Waals surface area (Å²) in [7, 11) is 0. The Hall–Kier alpha value is 0.430. The zero-order chi connectivity index (χ0) is 17.6. The lowest BCUT2D eigenvalue weighted by Gasteiger charge is -2.40. The molecule has 4 nitrogen and oxygen atoms in total. The van der Waals surface area contributed by atoms with Crippen LogP contribution in [-0.4, -0.2) is 61.5 Å². The van der Waals surface area contributed by atoms with E-state index in [1.54, 1.807) is 23.0 Å². The van der Waals surface area contributed by atoms with Crippen LogP contribution < -0.4 is 0 Å². The molecule has 0 aromatic rings. The lowest BCUT2D eigenvalue weighted by molar-refractivity contribution is -0.148. The zero-order valence-corrected chi connectivity index (χ0v) is 16.8. The van der Waals surface area contributed by atoms with Crippen molar-refractivity contribution in [3.63, 3.8) is 0 Å². The van der Waals surface area contributed by atoms with Crippen molar-refractivity contribution in [3.8, 4) is 0 Å². The van der Waals surface area contributed by atoms with Crippen LogP contribution in [0.2, 0.25) is 0 Å². The second-order valence-electron chi connectivity index (χ2n) is 7.28. The van der Waals surface area contributed by atoms with Crippen LogP contribution in [0.25, 0.3) is 0 Å². The van der Waals surface area contributed by atoms with Gasteiger partial charge in [0.25, 0.3) is 5.92 Å². The van der Waals surface area contributed by atoms with Crippen LogP contribution in [0.1, 0.15) is 52.4 Å². The molecule has 1 saturated heterocycles. The molecular formula is C17H30F2INO3. The smallest absolute Gasteiger partial charge is 0.260 e. The number of hydrogen-bond donors (Lipinski definition) is 0. The van der Waals surface area contributed by atoms with Gasteiger partial charge in [0.1, 0.15) is 23.0 Å². The molecule has 0 amide bonds. The third kappa shape index (κ3) is 7.35. The van der Waals surface area contributed by atoms with Crippen molar-refractivity contribution in [3.05, 3.63) is 0 Å². The number of alkyl halides is 2. The Kier molecular flexibility index (Phi) is 8.59. The summed E-state index contributed by atoms with van der Waals surface area (Å²) < 4.78 is 44.5. The molecule has 2 rings (SSSR count). The molecule has 0 atom stereocenters. The largest absolute Gasteiger partial charge is 0.375 e. The van der Waals surface area contributed by atoms with Crippen molar-refractivity contribution in [2.45, 2.75) is 82.7 Å². The summed E-state index contributed by atoms with van der Waals surface area (Å²) in [5.41, 5.74) is 0. The van der Waals surface area contributed by atoms with E-state index < -0.39 is 5.92 Å². The van der Waals surface area contributed by atoms with Crippen LogP contribution >= 0.6 is 23.0 Å². The van der Waals surface area contributed by atoms with Gasteiger partial charge in [0, 0.05) is 19.5 Å². The molecule has 1 heterocycles. The maximum absolute atomic E-state index is 13.9. The average Bonchev–Trinajstić information content (AvgIpc) is 2.46. The second kappa shape index (κ2) is 9.94. The number of hydrogen-bond acceptors (Lipinski definition) is 4. The summed E-state index contributed by atoms with van der Waals surface area (Å²) in [6, 6.07) is 0. The fourth-order valence-corrected chi connectivity index (χ4v) is 3.70. The van der Waals surface area contributed by atoms with Crippen LogP contribution in [0.15, 0.2) is 0 Å². The highest BCUT2D eigenvalue weighted by Gasteiger charge is 2.36. The first-order chi connectivity index (χ1) is 11.4. The van der Waals surface area contributed by atoms with Crippen LogP contribution in [-0.2, 0) is 12.5 Å². The number of rotatable bonds is 10. The first-order valence-electron chi connectivity index (χ1n) is 9.02. The summed E-state index contributed by atoms with van der Waals surface area (Å²) in [5, 5.41) is 0. The first-order valence-corrected chi connectivity index (χ1v) is 9.90. The van der Waals surface area contributed by atoms with E-state index in [0.717, 1.165) is 25.7 Å². The highest BCUT2D eigenvalue weighted by molar-refractivity contribution is 14.1. The van der Waals surface area contributed by atoms with Crippen LogP contribution in [0, 0.1) is 0 Å². The number of nitrogens with zero attached hydrogens (tertiary/aromatic N) is 1. The maximum atomic E-state index is 13.9. The Morgan fingerprint density at radius 3 is 2.38 bits per heavy atom. The molecule has 142 valence electrons. The summed E-state index contributed by atoms with van der Waals surface area (Å²) >= 11 is 1.74. The maximum Gasteiger partial charge on any atom is 0.260 e. The fourth-order valence-electron chi connectivity index (χ4n) is 3.39. The molecule has 0 unspecified atom stereocenters. The summed E-state index contributed by atoms with van der Waals surface area (Å²) in [5.74, 6) is -2.63. The average molecular weight is 461 g/mol. The molecule has 0 aromatic heterocycles. The summed E-state index contributed by atoms with van der Waals surface area (Å²) in [6.45, 7) is 5.73. The monoisotopic (exact) mass is 461 g/mol. The van der Waals surface area contributed by atoms with Crippen LogP contribution in [0.4, 0.5) is 8.78 Å². The Balaban J connectivity index is 1.58. The van der Waals surface area contributed by atoms with Crippen molar-refractivity contribution in [1.82, 2.24) is 4.90 Å². The third-order valence-electron chi connectivity index (χ3n) is 4.65. The van der Waals surface area contributed by atoms with Crippen LogP contribution in [0.3, 0.4) is 0 Å². The minimum atomic E-state index is -2.63. The van der Waals surface area contributed by atoms with Gasteiger partial charge in [-0.3, -0.25) is 4.90 Å². The standard InChI is InChI=1S/C17H30F2INO3/c1-13(2)23-15-10-16(11-15)24-14-4-7-21(8-5-14)12-17(18,19)6-3-9-22-20/h13-16H,3-12H2,1-2H3. The minimum absolute atomic E-state index is 0.105. The quantitative estimate of drug-likeness (QED) is 0.361. The SMILES string of the molecule is CC(C)OC1CC(OC2CCN(CC(F)(F)CCCOI)CC2)C1. The van der Waals surface area contributed by atoms with Crippen molar-refractivity contribution in [2.75, 3.05) is 26.2 Å². The molecule has 0 aromatic carbocycles. The van der Waals surface area contributed by atoms with Gasteiger partial charge < -0.3 is 12.5 Å². The number of likely N-dealkylation sites (tertiary alicyclic amines) is 1. The van der Waals surface area contributed by atoms with Gasteiger partial charge in [-0.2, -0.15) is 0 Å². The zero-order valence-electron chi connectivity index (χ0n) is 14.7. The predicted molar refractivity (Wildman–Crippen MR) is 97.7 cm³/mol. The third-order valence-corrected chi connectivity index (χ3v) is 5.10. The van der Waals surface area contributed by atoms with Gasteiger partial charge in [-0.05, 0) is 46.0 Å². The lowest BCUT2D eigenvalue weighted by atomic mass is 9.91. The molecule has 1 saturated carbocycles. The van der Waals surface area contributed by atoms with Crippen molar-refractivity contribution >= 4 is 23.0 Å². The van der Waals surface area contributed by atoms with Gasteiger partial charge in [0.15, 0.2) is 0 Å². The molecule has 2 fully saturated rings. The van der Waals surface area contributed by atoms with Gasteiger partial charge in [-0.25, -0.2) is 8.78 Å². The molecule has 1 aliphatic carbocycles. The molecule has 2 aliphatic rings. The van der Waals surface area contributed by atoms with Crippen molar-refractivity contribution in [1.29, 1.82) is 0 Å². The van der Waals surface area contributed by atoms with Crippen molar-refractivity contribution < 1.29 is 21.3 Å². The van der Waals surface area contributed by atoms with E-state index in [0.29, 0.717) is 38.3 Å². The predicted octanol–water partition coefficient (Wildman–Crippen LogP) is 4.21. The Morgan fingerprint density at radius 1 is 1.12 bits per heavy atom. The Labute approximate surface area is 158 Å². The van der Waals surface area contributed by atoms with Gasteiger partial charge in [-0.1, -0.05) is 0 Å². The normalized spacial score (nSPS) is 26.8. The summed E-state index contributed by atoms with van der Waals surface area (Å²) in [4.78, 5) is 1.87. The Morgan fingerprint density at radius 2 is 1.79 bits per heavy atom. The minimum Gasteiger partial charge on any atom is -0.375 e. The molecule has 0 spiro atoms. The molecule has 0 radical (unpaired) electrons. The highest BCUT2D eigenvalue weighted by Crippen LogP contribution is 2.31. The molecule has 1 aliphatic heterocycles. The van der Waals surface area contributed by atoms with Gasteiger partial charge in [0.2, 0.25) is 0 Å². The summed E-state index contributed by atoms with van der Waals surface area (Å²) in [6.07, 6.45) is 5.03. The molecule has 7 heteroatoms. The molecule has 0 N–H and O–H groups in total.